The van der Waals surface area contributed by atoms with Crippen LogP contribution in [-0.2, 0) is 9.53 Å². The normalized spacial score (nSPS) is 10.2. The van der Waals surface area contributed by atoms with Gasteiger partial charge in [0.05, 0.1) is 17.7 Å². The van der Waals surface area contributed by atoms with Gasteiger partial charge in [0, 0.05) is 23.5 Å². The molecule has 3 rings (SSSR count). The largest absolute Gasteiger partial charge is 0.466 e. The lowest BCUT2D eigenvalue weighted by Gasteiger charge is -2.14. The molecule has 0 aliphatic carbocycles. The second kappa shape index (κ2) is 12.5. The highest BCUT2D eigenvalue weighted by Crippen LogP contribution is 2.13. The van der Waals surface area contributed by atoms with Crippen molar-refractivity contribution >= 4 is 6.47 Å². The Bertz CT molecular complexity index is 987. The van der Waals surface area contributed by atoms with E-state index < -0.39 is 0 Å². The van der Waals surface area contributed by atoms with Crippen LogP contribution in [0.5, 0.6) is 0 Å². The minimum absolute atomic E-state index is 0.0961. The molecule has 0 unspecified atom stereocenters. The third-order valence-electron chi connectivity index (χ3n) is 3.87. The molecule has 3 aromatic rings. The van der Waals surface area contributed by atoms with Crippen LogP contribution in [0.1, 0.15) is 28.3 Å². The molecule has 144 valence electrons. The number of benzene rings is 2. The topological polar surface area (TPSA) is 75.0 Å². The highest BCUT2D eigenvalue weighted by Gasteiger charge is 2.10. The summed E-state index contributed by atoms with van der Waals surface area (Å²) in [5.41, 5.74) is 3.42. The van der Waals surface area contributed by atoms with E-state index >= 15 is 0 Å². The maximum Gasteiger partial charge on any atom is 0.293 e. The molecule has 0 radical (unpaired) electrons. The molecule has 0 amide bonds. The lowest BCUT2D eigenvalue weighted by atomic mass is 10.1. The molecule has 5 heteroatoms. The first kappa shape index (κ1) is 21.4. The number of carbonyl (C=O) groups is 1. The van der Waals surface area contributed by atoms with Crippen LogP contribution in [0.25, 0.3) is 0 Å². The fourth-order valence-electron chi connectivity index (χ4n) is 2.38. The number of nitriles is 1. The van der Waals surface area contributed by atoms with E-state index in [1.807, 2.05) is 60.7 Å². The molecule has 1 N–H and O–H groups in total. The number of carbonyl (C=O) groups excluding carboxylic acids is 1. The van der Waals surface area contributed by atoms with Gasteiger partial charge >= 0.3 is 0 Å². The predicted molar refractivity (Wildman–Crippen MR) is 112 cm³/mol. The van der Waals surface area contributed by atoms with Crippen LogP contribution in [0, 0.1) is 23.2 Å². The Hall–Kier alpha value is -3.93. The summed E-state index contributed by atoms with van der Waals surface area (Å²) in [4.78, 5) is 14.5. The van der Waals surface area contributed by atoms with Crippen LogP contribution < -0.4 is 5.32 Å². The molecule has 0 bridgehead atoms. The molecule has 0 saturated heterocycles. The van der Waals surface area contributed by atoms with Gasteiger partial charge in [0.2, 0.25) is 0 Å². The summed E-state index contributed by atoms with van der Waals surface area (Å²) in [6.45, 7) is 0.702. The van der Waals surface area contributed by atoms with Crippen molar-refractivity contribution in [2.45, 2.75) is 6.04 Å². The molecule has 0 saturated carbocycles. The quantitative estimate of drug-likeness (QED) is 0.539. The summed E-state index contributed by atoms with van der Waals surface area (Å²) in [6, 6.07) is 22.8. The number of nitrogens with one attached hydrogen (secondary N) is 1. The van der Waals surface area contributed by atoms with E-state index in [9.17, 15) is 4.79 Å². The van der Waals surface area contributed by atoms with Gasteiger partial charge in [-0.2, -0.15) is 5.26 Å². The maximum atomic E-state index is 10.3. The molecule has 0 aliphatic rings. The van der Waals surface area contributed by atoms with E-state index in [-0.39, 0.29) is 12.6 Å². The lowest BCUT2D eigenvalue weighted by Crippen LogP contribution is -2.21. The van der Waals surface area contributed by atoms with Gasteiger partial charge in [0.25, 0.3) is 6.47 Å². The zero-order valence-electron chi connectivity index (χ0n) is 16.1. The fourth-order valence-corrected chi connectivity index (χ4v) is 2.38. The van der Waals surface area contributed by atoms with Crippen molar-refractivity contribution in [2.75, 3.05) is 13.7 Å². The van der Waals surface area contributed by atoms with E-state index in [1.54, 1.807) is 31.6 Å². The van der Waals surface area contributed by atoms with Gasteiger partial charge in [-0.05, 0) is 42.9 Å². The summed E-state index contributed by atoms with van der Waals surface area (Å²) < 4.78 is 4.80. The number of likely N-dealkylation sites (N-methyl/N-ethyl adjacent to an activating group) is 1. The van der Waals surface area contributed by atoms with Crippen molar-refractivity contribution in [2.24, 2.45) is 0 Å². The molecule has 1 heterocycles. The number of hydrogen-bond acceptors (Lipinski definition) is 5. The van der Waals surface area contributed by atoms with Crippen molar-refractivity contribution in [1.82, 2.24) is 10.3 Å². The van der Waals surface area contributed by atoms with E-state index in [0.29, 0.717) is 12.0 Å². The smallest absolute Gasteiger partial charge is 0.293 e. The molecular weight excluding hydrogens is 362 g/mol. The average molecular weight is 383 g/mol. The Balaban J connectivity index is 0.000000313. The van der Waals surface area contributed by atoms with Crippen LogP contribution in [0.4, 0.5) is 0 Å². The molecule has 1 atom stereocenters. The number of nitrogens with zero attached hydrogens (tertiary/aromatic N) is 2. The first-order valence-corrected chi connectivity index (χ1v) is 8.96. The first-order valence-electron chi connectivity index (χ1n) is 8.96. The standard InChI is InChI=1S/C17H16N2O2.C7H5N/c1-18-17(12-21-13-20)16-9-15(10-19-11-16)8-7-14-5-3-2-4-6-14;8-6-7-4-2-1-3-5-7/h2-6,9-11,13,17-18H,12H2,1H3;1-5H/t17-;/m0./s1. The Labute approximate surface area is 171 Å². The fraction of sp³-hybridized carbons (Fsp3) is 0.125. The van der Waals surface area contributed by atoms with Crippen molar-refractivity contribution < 1.29 is 9.53 Å². The highest BCUT2D eigenvalue weighted by molar-refractivity contribution is 5.43. The zero-order valence-corrected chi connectivity index (χ0v) is 16.1. The number of ether oxygens (including phenoxy) is 1. The van der Waals surface area contributed by atoms with Gasteiger partial charge in [-0.1, -0.05) is 48.2 Å². The van der Waals surface area contributed by atoms with Gasteiger partial charge < -0.3 is 10.1 Å². The Kier molecular flexibility index (Phi) is 9.18. The number of pyridine rings is 1. The van der Waals surface area contributed by atoms with Gasteiger partial charge in [-0.25, -0.2) is 0 Å². The van der Waals surface area contributed by atoms with Gasteiger partial charge in [-0.15, -0.1) is 0 Å². The summed E-state index contributed by atoms with van der Waals surface area (Å²) in [5.74, 6) is 6.18. The van der Waals surface area contributed by atoms with Crippen molar-refractivity contribution in [1.29, 1.82) is 5.26 Å². The third-order valence-corrected chi connectivity index (χ3v) is 3.87. The lowest BCUT2D eigenvalue weighted by molar-refractivity contribution is -0.129. The highest BCUT2D eigenvalue weighted by atomic mass is 16.5. The minimum atomic E-state index is -0.0961. The van der Waals surface area contributed by atoms with Gasteiger partial charge in [0.1, 0.15) is 6.61 Å². The first-order chi connectivity index (χ1) is 14.3. The molecule has 0 aliphatic heterocycles. The van der Waals surface area contributed by atoms with Crippen molar-refractivity contribution in [3.05, 3.63) is 101 Å². The average Bonchev–Trinajstić information content (AvgIpc) is 2.80. The van der Waals surface area contributed by atoms with Crippen LogP contribution in [0.15, 0.2) is 79.1 Å². The maximum absolute atomic E-state index is 10.3. The summed E-state index contributed by atoms with van der Waals surface area (Å²) >= 11 is 0. The molecule has 0 spiro atoms. The Morgan fingerprint density at radius 1 is 1.00 bits per heavy atom. The zero-order chi connectivity index (χ0) is 20.7. The second-order valence-corrected chi connectivity index (χ2v) is 5.87. The van der Waals surface area contributed by atoms with Crippen molar-refractivity contribution in [3.63, 3.8) is 0 Å². The summed E-state index contributed by atoms with van der Waals surface area (Å²) in [6.07, 6.45) is 3.45. The monoisotopic (exact) mass is 383 g/mol. The van der Waals surface area contributed by atoms with E-state index in [2.05, 4.69) is 22.1 Å². The predicted octanol–water partition coefficient (Wildman–Crippen LogP) is 3.47. The minimum Gasteiger partial charge on any atom is -0.466 e. The van der Waals surface area contributed by atoms with Gasteiger partial charge in [0.15, 0.2) is 0 Å². The number of rotatable bonds is 5. The van der Waals surface area contributed by atoms with Gasteiger partial charge in [-0.3, -0.25) is 9.78 Å². The van der Waals surface area contributed by atoms with Crippen LogP contribution >= 0.6 is 0 Å². The van der Waals surface area contributed by atoms with E-state index in [4.69, 9.17) is 10.00 Å². The molecule has 2 aromatic carbocycles. The molecule has 1 aromatic heterocycles. The second-order valence-electron chi connectivity index (χ2n) is 5.87. The van der Waals surface area contributed by atoms with Crippen LogP contribution in [0.3, 0.4) is 0 Å². The molecule has 0 fully saturated rings. The third kappa shape index (κ3) is 7.68. The van der Waals surface area contributed by atoms with Crippen LogP contribution in [0.2, 0.25) is 0 Å². The molecule has 5 nitrogen and oxygen atoms in total. The SMILES string of the molecule is CN[C@@H](COC=O)c1cncc(C#Cc2ccccc2)c1.N#Cc1ccccc1. The molecule has 29 heavy (non-hydrogen) atoms. The summed E-state index contributed by atoms with van der Waals surface area (Å²) in [5, 5.41) is 11.4. The number of hydrogen-bond donors (Lipinski definition) is 1. The van der Waals surface area contributed by atoms with Crippen molar-refractivity contribution in [3.8, 4) is 17.9 Å². The Morgan fingerprint density at radius 3 is 2.17 bits per heavy atom. The van der Waals surface area contributed by atoms with E-state index in [0.717, 1.165) is 16.7 Å². The van der Waals surface area contributed by atoms with E-state index in [1.165, 1.54) is 0 Å². The summed E-state index contributed by atoms with van der Waals surface area (Å²) in [7, 11) is 1.81. The number of aromatic nitrogens is 1. The Morgan fingerprint density at radius 2 is 1.62 bits per heavy atom. The molecular formula is C24H21N3O2. The van der Waals surface area contributed by atoms with Crippen LogP contribution in [-0.4, -0.2) is 25.1 Å².